The molecule has 7 rings (SSSR count). The molecule has 10 amide bonds. The summed E-state index contributed by atoms with van der Waals surface area (Å²) in [6.45, 7) is 9.46. The summed E-state index contributed by atoms with van der Waals surface area (Å²) in [6, 6.07) is 5.68. The minimum Gasteiger partial charge on any atom is -0.445 e. The number of primary amides is 1. The number of fused-ring (bicyclic) bond motifs is 6. The average molecular weight is 1370 g/mol. The molecular weight excluding hydrogens is 1290 g/mol. The molecule has 0 saturated carbocycles. The Morgan fingerprint density at radius 2 is 1.26 bits per heavy atom. The molecule has 0 unspecified atom stereocenters. The molecule has 3 aromatic carbocycles. The Labute approximate surface area is 550 Å². The van der Waals surface area contributed by atoms with Gasteiger partial charge in [0, 0.05) is 119 Å². The van der Waals surface area contributed by atoms with Crippen molar-refractivity contribution in [3.63, 3.8) is 0 Å². The first-order valence-corrected chi connectivity index (χ1v) is 34.4. The third-order valence-corrected chi connectivity index (χ3v) is 19.3. The number of benzene rings is 3. The number of nitrogens with two attached hydrogens (primary N) is 2. The van der Waals surface area contributed by atoms with E-state index in [0.29, 0.717) is 57.8 Å². The lowest BCUT2D eigenvalue weighted by molar-refractivity contribution is -0.133. The summed E-state index contributed by atoms with van der Waals surface area (Å²) in [6.07, 6.45) is 0.515. The molecule has 0 spiro atoms. The normalized spacial score (nSPS) is 15.3. The molecule has 5 atom stereocenters. The quantitative estimate of drug-likeness (QED) is 0.0120. The van der Waals surface area contributed by atoms with Gasteiger partial charge >= 0.3 is 26.0 Å². The summed E-state index contributed by atoms with van der Waals surface area (Å²) in [7, 11) is -1.93. The highest BCUT2D eigenvalue weighted by Crippen LogP contribution is 2.52. The van der Waals surface area contributed by atoms with Crippen molar-refractivity contribution in [3.05, 3.63) is 75.0 Å². The number of amides is 10. The van der Waals surface area contributed by atoms with Crippen LogP contribution in [0.1, 0.15) is 112 Å². The number of alkyl halides is 2. The van der Waals surface area contributed by atoms with Crippen LogP contribution in [-0.4, -0.2) is 156 Å². The van der Waals surface area contributed by atoms with E-state index in [1.54, 1.807) is 49.1 Å². The molecule has 4 heterocycles. The van der Waals surface area contributed by atoms with Crippen molar-refractivity contribution in [2.75, 3.05) is 80.2 Å². The summed E-state index contributed by atoms with van der Waals surface area (Å²) in [5.74, 6) is -3.17. The van der Waals surface area contributed by atoms with Gasteiger partial charge in [-0.2, -0.15) is 0 Å². The lowest BCUT2D eigenvalue weighted by Gasteiger charge is -2.27. The van der Waals surface area contributed by atoms with E-state index in [4.69, 9.17) is 48.7 Å². The van der Waals surface area contributed by atoms with Crippen LogP contribution in [0, 0.1) is 19.8 Å². The molecule has 26 nitrogen and oxygen atoms in total. The zero-order valence-electron chi connectivity index (χ0n) is 52.3. The molecule has 11 N–H and O–H groups in total. The zero-order chi connectivity index (χ0) is 67.3. The van der Waals surface area contributed by atoms with E-state index in [9.17, 15) is 57.5 Å². The predicted molar refractivity (Wildman–Crippen MR) is 354 cm³/mol. The number of ether oxygens (including phenoxy) is 2. The van der Waals surface area contributed by atoms with Crippen LogP contribution >= 0.6 is 53.7 Å². The summed E-state index contributed by atoms with van der Waals surface area (Å²) in [5.41, 5.74) is 16.1. The number of urea groups is 1. The molecule has 2 aromatic heterocycles. The number of thiophene rings is 2. The van der Waals surface area contributed by atoms with Crippen LogP contribution in [0.3, 0.4) is 0 Å². The number of carbonyl (C=O) groups excluding carboxylic acids is 9. The molecule has 0 bridgehead atoms. The van der Waals surface area contributed by atoms with Gasteiger partial charge in [-0.15, -0.1) is 45.9 Å². The van der Waals surface area contributed by atoms with Crippen molar-refractivity contribution in [2.45, 2.75) is 123 Å². The number of aryl methyl sites for hydroxylation is 2. The van der Waals surface area contributed by atoms with Crippen molar-refractivity contribution in [2.24, 2.45) is 17.4 Å². The van der Waals surface area contributed by atoms with Gasteiger partial charge in [0.15, 0.2) is 11.5 Å². The van der Waals surface area contributed by atoms with E-state index in [1.807, 2.05) is 24.6 Å². The SMILES string of the molecule is CC(=O)N[C@@H](CCCCN)C(=O)N[C@H](C(=O)N[C@@H](CCCNC(N)=O)C(=O)Nc1ccc(COC(=O)N(C)CCN(C)C(=O)Oc2cc3c(c4c(C)csc24)[C@H](CCl)CN3C(=O)CCCC(=O)N2C[C@@H](CCl)c3c2cc(OP(=O)(O)O)c2scc(C)c32)cc1)C(C)C. The number of phosphoric ester groups is 1. The highest BCUT2D eigenvalue weighted by Gasteiger charge is 2.39. The molecule has 5 aromatic rings. The first-order valence-electron chi connectivity index (χ1n) is 30.0. The number of carbonyl (C=O) groups is 9. The molecule has 92 heavy (non-hydrogen) atoms. The zero-order valence-corrected chi connectivity index (χ0v) is 56.3. The number of nitrogens with one attached hydrogen (secondary N) is 5. The largest absolute Gasteiger partial charge is 0.524 e. The van der Waals surface area contributed by atoms with Crippen LogP contribution < -0.4 is 57.1 Å². The molecule has 2 aliphatic rings. The minimum absolute atomic E-state index is 0.0186. The van der Waals surface area contributed by atoms with Gasteiger partial charge in [-0.05, 0) is 116 Å². The summed E-state index contributed by atoms with van der Waals surface area (Å²) >= 11 is 15.7. The molecule has 0 saturated heterocycles. The number of nitrogens with zero attached hydrogens (tertiary/aromatic N) is 4. The van der Waals surface area contributed by atoms with E-state index in [0.717, 1.165) is 33.0 Å². The number of halogens is 2. The van der Waals surface area contributed by atoms with Gasteiger partial charge < -0.3 is 71.6 Å². The van der Waals surface area contributed by atoms with Gasteiger partial charge in [-0.3, -0.25) is 38.6 Å². The Hall–Kier alpha value is -7.30. The molecule has 0 aliphatic carbocycles. The van der Waals surface area contributed by atoms with Crippen LogP contribution in [-0.2, 0) is 44.7 Å². The smallest absolute Gasteiger partial charge is 0.445 e. The topological polar surface area (TPSA) is 364 Å². The molecule has 0 radical (unpaired) electrons. The van der Waals surface area contributed by atoms with Crippen molar-refractivity contribution in [1.29, 1.82) is 0 Å². The second-order valence-electron chi connectivity index (χ2n) is 23.2. The van der Waals surface area contributed by atoms with Gasteiger partial charge in [0.1, 0.15) is 24.7 Å². The number of phosphoric acid groups is 1. The monoisotopic (exact) mass is 1370 g/mol. The number of unbranched alkanes of at least 4 members (excludes halogenated alkanes) is 1. The standard InChI is InChI=1S/C61H80Cl2N11O15PS2/c1-33(2)53(70-57(79)41(67-36(5)75)12-8-9-20-64)58(80)69-42(13-11-21-66-59(65)81)56(78)68-40-18-16-37(17-19-40)30-87-60(82)71(6)22-23-72(7)61(83)88-45-24-43-51(49-34(3)31-91-54(45)49)38(26-62)28-73(43)47(76)14-10-15-48(77)74-29-39(27-63)52-44(74)25-46(89-90(84,85)86)55-50(52)35(4)32-92-55/h16-19,24-25,31-33,38-39,41-42,53H,8-15,20-23,26-30,64H2,1-7H3,(H,67,75)(H,68,78)(H,69,80)(H,70,79)(H3,65,66,81)(H2,84,85,86)/t38-,39-,41+,42+,53+/m1/s1. The molecule has 2 aliphatic heterocycles. The molecular formula is C61H80Cl2N11O15PS2. The third kappa shape index (κ3) is 18.3. The van der Waals surface area contributed by atoms with Crippen molar-refractivity contribution in [1.82, 2.24) is 31.1 Å². The van der Waals surface area contributed by atoms with E-state index in [1.165, 1.54) is 64.5 Å². The maximum Gasteiger partial charge on any atom is 0.524 e. The maximum atomic E-state index is 14.2. The summed E-state index contributed by atoms with van der Waals surface area (Å²) in [4.78, 5) is 145. The highest BCUT2D eigenvalue weighted by molar-refractivity contribution is 7.46. The second-order valence-corrected chi connectivity index (χ2v) is 26.8. The second kappa shape index (κ2) is 32.5. The highest BCUT2D eigenvalue weighted by atomic mass is 35.5. The number of hydrogen-bond donors (Lipinski definition) is 9. The van der Waals surface area contributed by atoms with Gasteiger partial charge in [0.2, 0.25) is 35.4 Å². The Kier molecular flexibility index (Phi) is 25.5. The summed E-state index contributed by atoms with van der Waals surface area (Å²) in [5, 5.41) is 18.7. The Balaban J connectivity index is 0.922. The lowest BCUT2D eigenvalue weighted by Crippen LogP contribution is -2.57. The minimum atomic E-state index is -4.95. The number of rotatable bonds is 30. The fourth-order valence-corrected chi connectivity index (χ4v) is 14.1. The van der Waals surface area contributed by atoms with E-state index < -0.39 is 73.7 Å². The van der Waals surface area contributed by atoms with E-state index in [2.05, 4.69) is 26.6 Å². The molecule has 500 valence electrons. The number of likely N-dealkylation sites (N-methyl/N-ethyl adjacent to an activating group) is 2. The Bertz CT molecular complexity index is 3610. The van der Waals surface area contributed by atoms with E-state index in [-0.39, 0.29) is 118 Å². The average Bonchev–Trinajstić information content (AvgIpc) is 1.58. The van der Waals surface area contributed by atoms with Crippen LogP contribution in [0.15, 0.2) is 47.2 Å². The third-order valence-electron chi connectivity index (χ3n) is 15.9. The number of hydrogen-bond acceptors (Lipinski definition) is 16. The number of anilines is 3. The van der Waals surface area contributed by atoms with Crippen LogP contribution in [0.4, 0.5) is 31.4 Å². The van der Waals surface area contributed by atoms with Crippen LogP contribution in [0.2, 0.25) is 0 Å². The first-order chi connectivity index (χ1) is 43.6. The Morgan fingerprint density at radius 3 is 1.78 bits per heavy atom. The first kappa shape index (κ1) is 72.1. The van der Waals surface area contributed by atoms with Gasteiger partial charge in [-0.25, -0.2) is 18.9 Å². The Morgan fingerprint density at radius 1 is 0.728 bits per heavy atom. The van der Waals surface area contributed by atoms with Gasteiger partial charge in [0.05, 0.1) is 20.8 Å². The van der Waals surface area contributed by atoms with Crippen molar-refractivity contribution < 1.29 is 71.5 Å². The van der Waals surface area contributed by atoms with Gasteiger partial charge in [0.25, 0.3) is 0 Å². The fraction of sp³-hybridized carbons (Fsp3) is 0.492. The molecule has 31 heteroatoms. The fourth-order valence-electron chi connectivity index (χ4n) is 11.1. The van der Waals surface area contributed by atoms with Crippen LogP contribution in [0.5, 0.6) is 11.5 Å². The van der Waals surface area contributed by atoms with Crippen LogP contribution in [0.25, 0.3) is 20.2 Å². The van der Waals surface area contributed by atoms with Crippen molar-refractivity contribution in [3.8, 4) is 11.5 Å². The van der Waals surface area contributed by atoms with Gasteiger partial charge in [-0.1, -0.05) is 26.0 Å². The summed E-state index contributed by atoms with van der Waals surface area (Å²) < 4.78 is 29.9. The van der Waals surface area contributed by atoms with Crippen molar-refractivity contribution >= 4 is 145 Å². The lowest BCUT2D eigenvalue weighted by atomic mass is 9.97. The molecule has 0 fully saturated rings. The predicted octanol–water partition coefficient (Wildman–Crippen LogP) is 7.76. The maximum absolute atomic E-state index is 14.2. The van der Waals surface area contributed by atoms with E-state index >= 15 is 0 Å².